The molecular formula is C15H18O3Se. The summed E-state index contributed by atoms with van der Waals surface area (Å²) >= 11 is 0.266. The maximum atomic E-state index is 11.9. The standard InChI is InChI=1S/C15H18O3Se/c1-10-13(9-19-12-7-5-4-6-8-12)18-14(17)15(10,3)11(2)16/h4-8,10,13H,9H2,1-3H3/t10-,13-,15+/m0/s1. The normalized spacial score (nSPS) is 30.2. The molecule has 1 fully saturated rings. The first-order valence-corrected chi connectivity index (χ1v) is 8.43. The second-order valence-electron chi connectivity index (χ2n) is 5.12. The van der Waals surface area contributed by atoms with E-state index in [0.717, 1.165) is 5.32 Å². The number of carbonyl (C=O) groups excluding carboxylic acids is 2. The molecule has 0 amide bonds. The van der Waals surface area contributed by atoms with E-state index in [9.17, 15) is 9.59 Å². The van der Waals surface area contributed by atoms with E-state index < -0.39 is 5.41 Å². The molecule has 3 nitrogen and oxygen atoms in total. The molecule has 0 aliphatic carbocycles. The van der Waals surface area contributed by atoms with Gasteiger partial charge in [-0.15, -0.1) is 0 Å². The van der Waals surface area contributed by atoms with Crippen LogP contribution >= 0.6 is 0 Å². The SMILES string of the molecule is CC(=O)[C@]1(C)C(=O)O[C@@H](C[Se]c2ccccc2)[C@@H]1C. The Balaban J connectivity index is 2.04. The second-order valence-corrected chi connectivity index (χ2v) is 7.41. The van der Waals surface area contributed by atoms with Crippen LogP contribution in [-0.2, 0) is 14.3 Å². The zero-order chi connectivity index (χ0) is 14.0. The van der Waals surface area contributed by atoms with Crippen LogP contribution in [0.4, 0.5) is 0 Å². The van der Waals surface area contributed by atoms with Crippen molar-refractivity contribution in [1.29, 1.82) is 0 Å². The van der Waals surface area contributed by atoms with Crippen LogP contribution in [-0.4, -0.2) is 32.8 Å². The molecule has 0 aromatic heterocycles. The first-order valence-electron chi connectivity index (χ1n) is 6.36. The Bertz CT molecular complexity index is 485. The van der Waals surface area contributed by atoms with E-state index in [1.807, 2.05) is 25.1 Å². The third-order valence-electron chi connectivity index (χ3n) is 4.04. The van der Waals surface area contributed by atoms with Gasteiger partial charge in [0.25, 0.3) is 0 Å². The molecular weight excluding hydrogens is 307 g/mol. The van der Waals surface area contributed by atoms with Crippen molar-refractivity contribution < 1.29 is 14.3 Å². The van der Waals surface area contributed by atoms with Crippen LogP contribution in [0.5, 0.6) is 0 Å². The average molecular weight is 325 g/mol. The third-order valence-corrected chi connectivity index (χ3v) is 6.35. The van der Waals surface area contributed by atoms with Crippen molar-refractivity contribution in [2.75, 3.05) is 0 Å². The van der Waals surface area contributed by atoms with Crippen LogP contribution in [0, 0.1) is 11.3 Å². The molecule has 1 aliphatic heterocycles. The number of benzene rings is 1. The molecule has 1 heterocycles. The number of Topliss-reactive ketones (excluding diaryl/α,β-unsaturated/α-hetero) is 1. The van der Waals surface area contributed by atoms with Crippen molar-refractivity contribution in [2.45, 2.75) is 32.2 Å². The monoisotopic (exact) mass is 326 g/mol. The summed E-state index contributed by atoms with van der Waals surface area (Å²) in [6.07, 6.45) is -0.137. The number of cyclic esters (lactones) is 1. The van der Waals surface area contributed by atoms with Gasteiger partial charge in [0, 0.05) is 0 Å². The molecule has 4 heteroatoms. The molecule has 0 unspecified atom stereocenters. The maximum absolute atomic E-state index is 11.9. The number of rotatable bonds is 4. The zero-order valence-corrected chi connectivity index (χ0v) is 13.1. The Kier molecular flexibility index (Phi) is 4.12. The van der Waals surface area contributed by atoms with Crippen molar-refractivity contribution in [2.24, 2.45) is 11.3 Å². The fraction of sp³-hybridized carbons (Fsp3) is 0.467. The molecule has 0 bridgehead atoms. The summed E-state index contributed by atoms with van der Waals surface area (Å²) in [5.41, 5.74) is -0.961. The Labute approximate surface area is 119 Å². The van der Waals surface area contributed by atoms with Gasteiger partial charge < -0.3 is 0 Å². The Morgan fingerprint density at radius 1 is 1.37 bits per heavy atom. The average Bonchev–Trinajstić information content (AvgIpc) is 2.63. The van der Waals surface area contributed by atoms with Crippen LogP contribution in [0.15, 0.2) is 30.3 Å². The number of carbonyl (C=O) groups is 2. The van der Waals surface area contributed by atoms with Crippen molar-refractivity contribution >= 4 is 31.2 Å². The van der Waals surface area contributed by atoms with Crippen molar-refractivity contribution in [3.8, 4) is 0 Å². The van der Waals surface area contributed by atoms with E-state index in [-0.39, 0.29) is 38.7 Å². The van der Waals surface area contributed by atoms with E-state index >= 15 is 0 Å². The van der Waals surface area contributed by atoms with E-state index in [0.29, 0.717) is 0 Å². The number of ketones is 1. The van der Waals surface area contributed by atoms with E-state index in [2.05, 4.69) is 12.1 Å². The molecule has 3 atom stereocenters. The molecule has 0 saturated carbocycles. The number of esters is 1. The van der Waals surface area contributed by atoms with Gasteiger partial charge in [-0.05, 0) is 0 Å². The summed E-state index contributed by atoms with van der Waals surface area (Å²) in [6, 6.07) is 10.2. The quantitative estimate of drug-likeness (QED) is 0.480. The second kappa shape index (κ2) is 5.48. The van der Waals surface area contributed by atoms with E-state index in [1.165, 1.54) is 11.4 Å². The van der Waals surface area contributed by atoms with Crippen LogP contribution < -0.4 is 4.46 Å². The van der Waals surface area contributed by atoms with Gasteiger partial charge in [0.15, 0.2) is 0 Å². The van der Waals surface area contributed by atoms with Crippen LogP contribution in [0.25, 0.3) is 0 Å². The summed E-state index contributed by atoms with van der Waals surface area (Å²) in [6.45, 7) is 5.12. The Morgan fingerprint density at radius 2 is 2.00 bits per heavy atom. The third kappa shape index (κ3) is 2.60. The van der Waals surface area contributed by atoms with E-state index in [1.54, 1.807) is 6.92 Å². The Morgan fingerprint density at radius 3 is 2.53 bits per heavy atom. The summed E-state index contributed by atoms with van der Waals surface area (Å²) in [4.78, 5) is 23.6. The van der Waals surface area contributed by atoms with Gasteiger partial charge in [-0.25, -0.2) is 0 Å². The molecule has 102 valence electrons. The number of ether oxygens (including phenoxy) is 1. The molecule has 19 heavy (non-hydrogen) atoms. The van der Waals surface area contributed by atoms with Crippen LogP contribution in [0.3, 0.4) is 0 Å². The minimum absolute atomic E-state index is 0.0527. The predicted octanol–water partition coefficient (Wildman–Crippen LogP) is 1.59. The van der Waals surface area contributed by atoms with Gasteiger partial charge in [0.05, 0.1) is 0 Å². The van der Waals surface area contributed by atoms with Crippen molar-refractivity contribution in [3.05, 3.63) is 30.3 Å². The first-order chi connectivity index (χ1) is 8.96. The number of hydrogen-bond acceptors (Lipinski definition) is 3. The van der Waals surface area contributed by atoms with Gasteiger partial charge in [0.2, 0.25) is 0 Å². The minimum atomic E-state index is -0.961. The molecule has 1 aromatic rings. The van der Waals surface area contributed by atoms with Crippen LogP contribution in [0.1, 0.15) is 20.8 Å². The molecule has 1 aromatic carbocycles. The number of hydrogen-bond donors (Lipinski definition) is 0. The summed E-state index contributed by atoms with van der Waals surface area (Å²) in [5, 5.41) is 0.826. The van der Waals surface area contributed by atoms with E-state index in [4.69, 9.17) is 4.74 Å². The molecule has 0 radical (unpaired) electrons. The summed E-state index contributed by atoms with van der Waals surface area (Å²) < 4.78 is 6.71. The van der Waals surface area contributed by atoms with Gasteiger partial charge in [-0.2, -0.15) is 0 Å². The molecule has 0 N–H and O–H groups in total. The first kappa shape index (κ1) is 14.3. The fourth-order valence-corrected chi connectivity index (χ4v) is 4.49. The fourth-order valence-electron chi connectivity index (χ4n) is 2.26. The zero-order valence-electron chi connectivity index (χ0n) is 11.4. The Hall–Kier alpha value is -1.12. The topological polar surface area (TPSA) is 43.4 Å². The van der Waals surface area contributed by atoms with Gasteiger partial charge >= 0.3 is 119 Å². The van der Waals surface area contributed by atoms with Crippen LogP contribution in [0.2, 0.25) is 5.32 Å². The van der Waals surface area contributed by atoms with Crippen molar-refractivity contribution in [1.82, 2.24) is 0 Å². The summed E-state index contributed by atoms with van der Waals surface area (Å²) in [5.74, 6) is -0.510. The molecule has 0 spiro atoms. The molecule has 1 saturated heterocycles. The molecule has 2 rings (SSSR count). The molecule has 1 aliphatic rings. The van der Waals surface area contributed by atoms with Gasteiger partial charge in [-0.3, -0.25) is 0 Å². The van der Waals surface area contributed by atoms with Gasteiger partial charge in [-0.1, -0.05) is 0 Å². The van der Waals surface area contributed by atoms with Crippen molar-refractivity contribution in [3.63, 3.8) is 0 Å². The predicted molar refractivity (Wildman–Crippen MR) is 74.5 cm³/mol. The van der Waals surface area contributed by atoms with Gasteiger partial charge in [0.1, 0.15) is 0 Å². The summed E-state index contributed by atoms with van der Waals surface area (Å²) in [7, 11) is 0.